The summed E-state index contributed by atoms with van der Waals surface area (Å²) < 4.78 is 4.56. The standard InChI is InChI=1S/C9H11N5O3/c1-13(5-4-10)6-2-3-7(14(15)16)9-8(6)11-17-12-9/h2-3H,4-5,10H2,1H3. The predicted molar refractivity (Wildman–Crippen MR) is 60.8 cm³/mol. The number of nitro benzene ring substituents is 1. The molecule has 2 N–H and O–H groups in total. The Bertz CT molecular complexity index is 553. The van der Waals surface area contributed by atoms with Crippen molar-refractivity contribution >= 4 is 22.4 Å². The minimum absolute atomic E-state index is 0.119. The first-order valence-corrected chi connectivity index (χ1v) is 4.96. The molecule has 2 aromatic rings. The Labute approximate surface area is 96.1 Å². The van der Waals surface area contributed by atoms with E-state index in [1.807, 2.05) is 11.9 Å². The topological polar surface area (TPSA) is 111 Å². The molecule has 1 aromatic heterocycles. The first kappa shape index (κ1) is 11.3. The Morgan fingerprint density at radius 2 is 2.18 bits per heavy atom. The lowest BCUT2D eigenvalue weighted by atomic mass is 10.2. The van der Waals surface area contributed by atoms with Crippen molar-refractivity contribution in [1.29, 1.82) is 0 Å². The summed E-state index contributed by atoms with van der Waals surface area (Å²) in [6.07, 6.45) is 0. The Kier molecular flexibility index (Phi) is 2.88. The Balaban J connectivity index is 2.57. The first-order valence-electron chi connectivity index (χ1n) is 4.96. The SMILES string of the molecule is CN(CCN)c1ccc([N+](=O)[O-])c2nonc12. The van der Waals surface area contributed by atoms with Crippen LogP contribution in [0.1, 0.15) is 0 Å². The maximum atomic E-state index is 10.8. The second kappa shape index (κ2) is 4.34. The van der Waals surface area contributed by atoms with Gasteiger partial charge in [-0.05, 0) is 16.4 Å². The van der Waals surface area contributed by atoms with E-state index in [2.05, 4.69) is 14.9 Å². The number of anilines is 1. The van der Waals surface area contributed by atoms with Gasteiger partial charge < -0.3 is 10.6 Å². The largest absolute Gasteiger partial charge is 0.371 e. The Morgan fingerprint density at radius 1 is 1.47 bits per heavy atom. The second-order valence-corrected chi connectivity index (χ2v) is 3.53. The van der Waals surface area contributed by atoms with E-state index in [1.165, 1.54) is 6.07 Å². The number of nitrogens with two attached hydrogens (primary N) is 1. The van der Waals surface area contributed by atoms with Crippen molar-refractivity contribution in [2.45, 2.75) is 0 Å². The third-order valence-electron chi connectivity index (χ3n) is 2.45. The van der Waals surface area contributed by atoms with Gasteiger partial charge in [-0.3, -0.25) is 10.1 Å². The van der Waals surface area contributed by atoms with Crippen molar-refractivity contribution in [2.24, 2.45) is 5.73 Å². The van der Waals surface area contributed by atoms with E-state index in [0.717, 1.165) is 0 Å². The maximum absolute atomic E-state index is 10.8. The minimum atomic E-state index is -0.515. The summed E-state index contributed by atoms with van der Waals surface area (Å²) in [5, 5.41) is 18.0. The number of fused-ring (bicyclic) bond motifs is 1. The minimum Gasteiger partial charge on any atom is -0.371 e. The van der Waals surface area contributed by atoms with Gasteiger partial charge in [0.25, 0.3) is 0 Å². The van der Waals surface area contributed by atoms with Crippen LogP contribution in [0.2, 0.25) is 0 Å². The fourth-order valence-corrected chi connectivity index (χ4v) is 1.61. The lowest BCUT2D eigenvalue weighted by molar-refractivity contribution is -0.383. The van der Waals surface area contributed by atoms with Crippen LogP contribution in [0.5, 0.6) is 0 Å². The summed E-state index contributed by atoms with van der Waals surface area (Å²) in [6.45, 7) is 1.08. The number of aromatic nitrogens is 2. The van der Waals surface area contributed by atoms with Crippen LogP contribution >= 0.6 is 0 Å². The van der Waals surface area contributed by atoms with E-state index in [-0.39, 0.29) is 11.2 Å². The molecule has 0 bridgehead atoms. The molecule has 0 fully saturated rings. The van der Waals surface area contributed by atoms with Gasteiger partial charge in [0.1, 0.15) is 0 Å². The average molecular weight is 237 g/mol. The number of rotatable bonds is 4. The lowest BCUT2D eigenvalue weighted by Crippen LogP contribution is -2.25. The van der Waals surface area contributed by atoms with Gasteiger partial charge in [-0.2, -0.15) is 0 Å². The lowest BCUT2D eigenvalue weighted by Gasteiger charge is -2.17. The van der Waals surface area contributed by atoms with Crippen molar-refractivity contribution in [3.63, 3.8) is 0 Å². The summed E-state index contributed by atoms with van der Waals surface area (Å²) in [5.41, 5.74) is 6.56. The van der Waals surface area contributed by atoms with Gasteiger partial charge in [0, 0.05) is 26.2 Å². The molecule has 0 unspecified atom stereocenters. The molecular weight excluding hydrogens is 226 g/mol. The Morgan fingerprint density at radius 3 is 2.82 bits per heavy atom. The Hall–Kier alpha value is -2.22. The third kappa shape index (κ3) is 1.89. The van der Waals surface area contributed by atoms with Crippen molar-refractivity contribution < 1.29 is 9.55 Å². The summed E-state index contributed by atoms with van der Waals surface area (Å²) in [4.78, 5) is 12.1. The quantitative estimate of drug-likeness (QED) is 0.609. The van der Waals surface area contributed by atoms with Crippen LogP contribution in [0, 0.1) is 10.1 Å². The van der Waals surface area contributed by atoms with E-state index in [9.17, 15) is 10.1 Å². The van der Waals surface area contributed by atoms with Gasteiger partial charge in [-0.1, -0.05) is 0 Å². The van der Waals surface area contributed by atoms with Gasteiger partial charge in [-0.25, -0.2) is 4.63 Å². The maximum Gasteiger partial charge on any atom is 0.300 e. The van der Waals surface area contributed by atoms with Gasteiger partial charge in [0.05, 0.1) is 10.6 Å². The molecular formula is C9H11N5O3. The van der Waals surface area contributed by atoms with Crippen molar-refractivity contribution in [1.82, 2.24) is 10.3 Å². The van der Waals surface area contributed by atoms with Gasteiger partial charge >= 0.3 is 5.69 Å². The van der Waals surface area contributed by atoms with Crippen LogP contribution in [0.15, 0.2) is 16.8 Å². The predicted octanol–water partition coefficient (Wildman–Crippen LogP) is 0.526. The second-order valence-electron chi connectivity index (χ2n) is 3.53. The molecule has 0 aliphatic heterocycles. The molecule has 17 heavy (non-hydrogen) atoms. The molecule has 0 saturated carbocycles. The number of hydrogen-bond acceptors (Lipinski definition) is 7. The number of likely N-dealkylation sites (N-methyl/N-ethyl adjacent to an activating group) is 1. The van der Waals surface area contributed by atoms with Crippen molar-refractivity contribution in [2.75, 3.05) is 25.0 Å². The highest BCUT2D eigenvalue weighted by Crippen LogP contribution is 2.30. The number of non-ortho nitro benzene ring substituents is 1. The van der Waals surface area contributed by atoms with Crippen LogP contribution < -0.4 is 10.6 Å². The summed E-state index contributed by atoms with van der Waals surface area (Å²) >= 11 is 0. The molecule has 0 saturated heterocycles. The highest BCUT2D eigenvalue weighted by molar-refractivity contribution is 5.93. The molecule has 0 amide bonds. The molecule has 1 aromatic carbocycles. The number of nitro groups is 1. The summed E-state index contributed by atoms with van der Waals surface area (Å²) in [6, 6.07) is 3.00. The van der Waals surface area contributed by atoms with Crippen LogP contribution in [0.3, 0.4) is 0 Å². The van der Waals surface area contributed by atoms with E-state index in [0.29, 0.717) is 24.3 Å². The third-order valence-corrected chi connectivity index (χ3v) is 2.45. The van der Waals surface area contributed by atoms with Gasteiger partial charge in [-0.15, -0.1) is 0 Å². The molecule has 0 spiro atoms. The molecule has 90 valence electrons. The smallest absolute Gasteiger partial charge is 0.300 e. The molecule has 0 atom stereocenters. The molecule has 0 aliphatic carbocycles. The highest BCUT2D eigenvalue weighted by Gasteiger charge is 2.20. The zero-order valence-electron chi connectivity index (χ0n) is 9.16. The monoisotopic (exact) mass is 237 g/mol. The van der Waals surface area contributed by atoms with Crippen LogP contribution in [0.4, 0.5) is 11.4 Å². The number of hydrogen-bond donors (Lipinski definition) is 1. The molecule has 8 nitrogen and oxygen atoms in total. The van der Waals surface area contributed by atoms with Crippen LogP contribution in [-0.2, 0) is 0 Å². The van der Waals surface area contributed by atoms with E-state index < -0.39 is 4.92 Å². The highest BCUT2D eigenvalue weighted by atomic mass is 16.6. The average Bonchev–Trinajstić information content (AvgIpc) is 2.76. The summed E-state index contributed by atoms with van der Waals surface area (Å²) in [5.74, 6) is 0. The van der Waals surface area contributed by atoms with Gasteiger partial charge in [0.2, 0.25) is 5.52 Å². The van der Waals surface area contributed by atoms with Gasteiger partial charge in [0.15, 0.2) is 5.52 Å². The van der Waals surface area contributed by atoms with E-state index >= 15 is 0 Å². The summed E-state index contributed by atoms with van der Waals surface area (Å²) in [7, 11) is 1.82. The zero-order chi connectivity index (χ0) is 12.4. The van der Waals surface area contributed by atoms with Crippen LogP contribution in [-0.4, -0.2) is 35.4 Å². The fourth-order valence-electron chi connectivity index (χ4n) is 1.61. The van der Waals surface area contributed by atoms with E-state index in [1.54, 1.807) is 6.07 Å². The molecule has 1 heterocycles. The number of benzene rings is 1. The van der Waals surface area contributed by atoms with Crippen molar-refractivity contribution in [3.05, 3.63) is 22.2 Å². The first-order chi connectivity index (χ1) is 8.15. The normalized spacial score (nSPS) is 10.7. The molecule has 8 heteroatoms. The van der Waals surface area contributed by atoms with Crippen molar-refractivity contribution in [3.8, 4) is 0 Å². The van der Waals surface area contributed by atoms with E-state index in [4.69, 9.17) is 5.73 Å². The van der Waals surface area contributed by atoms with Crippen LogP contribution in [0.25, 0.3) is 11.0 Å². The number of nitrogens with zero attached hydrogens (tertiary/aromatic N) is 4. The molecule has 0 radical (unpaired) electrons. The fraction of sp³-hybridized carbons (Fsp3) is 0.333. The molecule has 2 rings (SSSR count). The molecule has 0 aliphatic rings. The zero-order valence-corrected chi connectivity index (χ0v) is 9.16.